The molecule has 4 heteroatoms. The van der Waals surface area contributed by atoms with Crippen LogP contribution in [0.5, 0.6) is 5.75 Å². The van der Waals surface area contributed by atoms with Crippen LogP contribution in [0.25, 0.3) is 0 Å². The molecular weight excluding hydrogens is 218 g/mol. The van der Waals surface area contributed by atoms with Gasteiger partial charge in [-0.3, -0.25) is 9.59 Å². The number of carbonyl (C=O) groups excluding carboxylic acids is 2. The van der Waals surface area contributed by atoms with E-state index in [9.17, 15) is 9.59 Å². The predicted molar refractivity (Wildman–Crippen MR) is 65.9 cm³/mol. The van der Waals surface area contributed by atoms with Crippen LogP contribution in [0.3, 0.4) is 0 Å². The number of rotatable bonds is 7. The molecule has 0 saturated heterocycles. The number of benzene rings is 1. The lowest BCUT2D eigenvalue weighted by atomic mass is 10.2. The van der Waals surface area contributed by atoms with E-state index in [0.29, 0.717) is 24.3 Å². The molecule has 0 heterocycles. The van der Waals surface area contributed by atoms with E-state index >= 15 is 0 Å². The van der Waals surface area contributed by atoms with Crippen LogP contribution in [-0.4, -0.2) is 12.4 Å². The molecule has 1 aromatic rings. The molecule has 0 bridgehead atoms. The number of hydrogen-bond acceptors (Lipinski definition) is 3. The maximum atomic E-state index is 11.5. The highest BCUT2D eigenvalue weighted by Crippen LogP contribution is 2.17. The van der Waals surface area contributed by atoms with E-state index in [-0.39, 0.29) is 5.91 Å². The molecule has 92 valence electrons. The number of amides is 1. The van der Waals surface area contributed by atoms with Crippen LogP contribution in [0.2, 0.25) is 0 Å². The molecule has 0 aliphatic rings. The summed E-state index contributed by atoms with van der Waals surface area (Å²) < 4.78 is 4.69. The quantitative estimate of drug-likeness (QED) is 0.584. The first-order chi connectivity index (χ1) is 8.26. The van der Waals surface area contributed by atoms with Gasteiger partial charge in [0.25, 0.3) is 6.47 Å². The van der Waals surface area contributed by atoms with Crippen molar-refractivity contribution in [1.82, 2.24) is 0 Å². The number of carbonyl (C=O) groups is 2. The van der Waals surface area contributed by atoms with E-state index in [1.54, 1.807) is 24.3 Å². The largest absolute Gasteiger partial charge is 0.429 e. The first-order valence-electron chi connectivity index (χ1n) is 5.76. The SMILES string of the molecule is CCCCCC(=O)Nc1cccc(OC=O)c1. The highest BCUT2D eigenvalue weighted by atomic mass is 16.5. The monoisotopic (exact) mass is 235 g/mol. The smallest absolute Gasteiger partial charge is 0.298 e. The number of anilines is 1. The van der Waals surface area contributed by atoms with E-state index in [1.807, 2.05) is 0 Å². The summed E-state index contributed by atoms with van der Waals surface area (Å²) in [6, 6.07) is 6.75. The molecule has 1 aromatic carbocycles. The van der Waals surface area contributed by atoms with Gasteiger partial charge in [-0.2, -0.15) is 0 Å². The molecule has 0 aliphatic heterocycles. The third-order valence-corrected chi connectivity index (χ3v) is 2.31. The van der Waals surface area contributed by atoms with Gasteiger partial charge < -0.3 is 10.1 Å². The molecule has 1 rings (SSSR count). The van der Waals surface area contributed by atoms with E-state index in [2.05, 4.69) is 12.2 Å². The highest BCUT2D eigenvalue weighted by molar-refractivity contribution is 5.90. The van der Waals surface area contributed by atoms with Crippen molar-refractivity contribution < 1.29 is 14.3 Å². The van der Waals surface area contributed by atoms with Crippen molar-refractivity contribution in [2.24, 2.45) is 0 Å². The Morgan fingerprint density at radius 3 is 2.94 bits per heavy atom. The molecule has 17 heavy (non-hydrogen) atoms. The van der Waals surface area contributed by atoms with Crippen molar-refractivity contribution in [2.45, 2.75) is 32.6 Å². The average molecular weight is 235 g/mol. The van der Waals surface area contributed by atoms with E-state index in [1.165, 1.54) is 0 Å². The Kier molecular flexibility index (Phi) is 5.79. The molecule has 0 saturated carbocycles. The molecule has 0 atom stereocenters. The van der Waals surface area contributed by atoms with Gasteiger partial charge in [-0.15, -0.1) is 0 Å². The molecule has 0 unspecified atom stereocenters. The fourth-order valence-electron chi connectivity index (χ4n) is 1.46. The van der Waals surface area contributed by atoms with Crippen molar-refractivity contribution in [2.75, 3.05) is 5.32 Å². The van der Waals surface area contributed by atoms with Crippen molar-refractivity contribution in [1.29, 1.82) is 0 Å². The van der Waals surface area contributed by atoms with Gasteiger partial charge in [-0.05, 0) is 18.6 Å². The summed E-state index contributed by atoms with van der Waals surface area (Å²) in [6.07, 6.45) is 3.57. The Morgan fingerprint density at radius 2 is 2.24 bits per heavy atom. The molecule has 0 radical (unpaired) electrons. The van der Waals surface area contributed by atoms with Crippen LogP contribution in [0.1, 0.15) is 32.6 Å². The van der Waals surface area contributed by atoms with Gasteiger partial charge in [0.15, 0.2) is 0 Å². The predicted octanol–water partition coefficient (Wildman–Crippen LogP) is 2.74. The lowest BCUT2D eigenvalue weighted by molar-refractivity contribution is -0.120. The Morgan fingerprint density at radius 1 is 1.41 bits per heavy atom. The minimum atomic E-state index is -0.0123. The molecule has 0 aromatic heterocycles. The van der Waals surface area contributed by atoms with E-state index < -0.39 is 0 Å². The lowest BCUT2D eigenvalue weighted by Gasteiger charge is -2.06. The van der Waals surface area contributed by atoms with Gasteiger partial charge in [-0.25, -0.2) is 0 Å². The summed E-state index contributed by atoms with van der Waals surface area (Å²) in [5.74, 6) is 0.410. The summed E-state index contributed by atoms with van der Waals surface area (Å²) in [6.45, 7) is 2.46. The maximum absolute atomic E-state index is 11.5. The minimum Gasteiger partial charge on any atom is -0.429 e. The first kappa shape index (κ1) is 13.2. The number of nitrogens with one attached hydrogen (secondary N) is 1. The van der Waals surface area contributed by atoms with Gasteiger partial charge in [0, 0.05) is 18.2 Å². The normalized spacial score (nSPS) is 9.71. The van der Waals surface area contributed by atoms with Gasteiger partial charge in [0.1, 0.15) is 5.75 Å². The van der Waals surface area contributed by atoms with Crippen molar-refractivity contribution >= 4 is 18.1 Å². The zero-order valence-electron chi connectivity index (χ0n) is 9.94. The minimum absolute atomic E-state index is 0.0123. The zero-order chi connectivity index (χ0) is 12.5. The lowest BCUT2D eigenvalue weighted by Crippen LogP contribution is -2.10. The fraction of sp³-hybridized carbons (Fsp3) is 0.385. The third-order valence-electron chi connectivity index (χ3n) is 2.31. The topological polar surface area (TPSA) is 55.4 Å². The average Bonchev–Trinajstić information content (AvgIpc) is 2.30. The molecular formula is C13H17NO3. The van der Waals surface area contributed by atoms with Crippen LogP contribution in [0.15, 0.2) is 24.3 Å². The standard InChI is InChI=1S/C13H17NO3/c1-2-3-4-8-13(16)14-11-6-5-7-12(9-11)17-10-15/h5-7,9-10H,2-4,8H2,1H3,(H,14,16). The molecule has 1 N–H and O–H groups in total. The van der Waals surface area contributed by atoms with E-state index in [0.717, 1.165) is 19.3 Å². The Labute approximate surface area is 101 Å². The highest BCUT2D eigenvalue weighted by Gasteiger charge is 2.02. The Balaban J connectivity index is 2.47. The van der Waals surface area contributed by atoms with Crippen LogP contribution >= 0.6 is 0 Å². The summed E-state index contributed by atoms with van der Waals surface area (Å²) in [4.78, 5) is 21.7. The summed E-state index contributed by atoms with van der Waals surface area (Å²) >= 11 is 0. The van der Waals surface area contributed by atoms with Crippen molar-refractivity contribution in [3.05, 3.63) is 24.3 Å². The summed E-state index contributed by atoms with van der Waals surface area (Å²) in [5.41, 5.74) is 0.644. The van der Waals surface area contributed by atoms with Gasteiger partial charge >= 0.3 is 0 Å². The van der Waals surface area contributed by atoms with E-state index in [4.69, 9.17) is 4.74 Å². The number of unbranched alkanes of at least 4 members (excludes halogenated alkanes) is 2. The third kappa shape index (κ3) is 5.15. The molecule has 0 fully saturated rings. The maximum Gasteiger partial charge on any atom is 0.298 e. The molecule has 0 spiro atoms. The molecule has 0 aliphatic carbocycles. The molecule has 4 nitrogen and oxygen atoms in total. The number of hydrogen-bond donors (Lipinski definition) is 1. The first-order valence-corrected chi connectivity index (χ1v) is 5.76. The summed E-state index contributed by atoms with van der Waals surface area (Å²) in [5, 5.41) is 2.76. The second-order valence-corrected chi connectivity index (χ2v) is 3.75. The Hall–Kier alpha value is -1.84. The molecule has 1 amide bonds. The Bertz CT molecular complexity index is 377. The van der Waals surface area contributed by atoms with Crippen LogP contribution in [0.4, 0.5) is 5.69 Å². The van der Waals surface area contributed by atoms with Gasteiger partial charge in [0.05, 0.1) is 0 Å². The summed E-state index contributed by atoms with van der Waals surface area (Å²) in [7, 11) is 0. The van der Waals surface area contributed by atoms with Crippen LogP contribution in [-0.2, 0) is 9.59 Å². The number of ether oxygens (including phenoxy) is 1. The fourth-order valence-corrected chi connectivity index (χ4v) is 1.46. The van der Waals surface area contributed by atoms with Crippen LogP contribution in [0, 0.1) is 0 Å². The second-order valence-electron chi connectivity index (χ2n) is 3.75. The van der Waals surface area contributed by atoms with Crippen molar-refractivity contribution in [3.63, 3.8) is 0 Å². The van der Waals surface area contributed by atoms with Crippen molar-refractivity contribution in [3.8, 4) is 5.75 Å². The van der Waals surface area contributed by atoms with Crippen LogP contribution < -0.4 is 10.1 Å². The van der Waals surface area contributed by atoms with Gasteiger partial charge in [-0.1, -0.05) is 25.8 Å². The second kappa shape index (κ2) is 7.44. The zero-order valence-corrected chi connectivity index (χ0v) is 9.94. The van der Waals surface area contributed by atoms with Gasteiger partial charge in [0.2, 0.25) is 5.91 Å².